The van der Waals surface area contributed by atoms with Crippen LogP contribution in [-0.4, -0.2) is 17.1 Å². The number of anilines is 1. The van der Waals surface area contributed by atoms with Gasteiger partial charge in [0, 0.05) is 11.3 Å². The van der Waals surface area contributed by atoms with Crippen LogP contribution < -0.4 is 5.32 Å². The molecule has 0 unspecified atom stereocenters. The van der Waals surface area contributed by atoms with Gasteiger partial charge in [-0.25, -0.2) is 9.37 Å². The highest BCUT2D eigenvalue weighted by atomic mass is 32.2. The average Bonchev–Trinajstić information content (AvgIpc) is 2.90. The summed E-state index contributed by atoms with van der Waals surface area (Å²) in [6.07, 6.45) is 1.88. The zero-order valence-electron chi connectivity index (χ0n) is 11.1. The van der Waals surface area contributed by atoms with Gasteiger partial charge < -0.3 is 9.73 Å². The molecule has 2 aromatic carbocycles. The summed E-state index contributed by atoms with van der Waals surface area (Å²) >= 11 is 1.41. The molecule has 0 spiro atoms. The second-order valence-corrected chi connectivity index (χ2v) is 5.08. The minimum atomic E-state index is -0.375. The number of hydrogen-bond donors (Lipinski definition) is 1. The summed E-state index contributed by atoms with van der Waals surface area (Å²) in [7, 11) is 0. The Bertz CT molecular complexity index is 799. The van der Waals surface area contributed by atoms with Crippen molar-refractivity contribution >= 4 is 34.5 Å². The van der Waals surface area contributed by atoms with Gasteiger partial charge >= 0.3 is 0 Å². The van der Waals surface area contributed by atoms with Crippen molar-refractivity contribution in [2.24, 2.45) is 0 Å². The highest BCUT2D eigenvalue weighted by Crippen LogP contribution is 2.24. The Labute approximate surface area is 124 Å². The van der Waals surface area contributed by atoms with E-state index in [-0.39, 0.29) is 11.7 Å². The van der Waals surface area contributed by atoms with Crippen LogP contribution in [0.25, 0.3) is 11.1 Å². The van der Waals surface area contributed by atoms with Gasteiger partial charge in [-0.3, -0.25) is 4.79 Å². The van der Waals surface area contributed by atoms with E-state index in [9.17, 15) is 9.18 Å². The lowest BCUT2D eigenvalue weighted by Crippen LogP contribution is -2.11. The van der Waals surface area contributed by atoms with Gasteiger partial charge in [-0.2, -0.15) is 0 Å². The van der Waals surface area contributed by atoms with Crippen LogP contribution in [0, 0.1) is 5.82 Å². The van der Waals surface area contributed by atoms with E-state index in [4.69, 9.17) is 4.42 Å². The summed E-state index contributed by atoms with van der Waals surface area (Å²) in [6.45, 7) is 0. The van der Waals surface area contributed by atoms with Crippen molar-refractivity contribution in [3.8, 4) is 0 Å². The smallest absolute Gasteiger partial charge is 0.256 e. The minimum Gasteiger partial charge on any atom is -0.431 e. The molecule has 4 nitrogen and oxygen atoms in total. The monoisotopic (exact) mass is 302 g/mol. The lowest BCUT2D eigenvalue weighted by atomic mass is 10.2. The molecule has 6 heteroatoms. The van der Waals surface area contributed by atoms with Gasteiger partial charge in [0.15, 0.2) is 5.58 Å². The second kappa shape index (κ2) is 5.57. The van der Waals surface area contributed by atoms with E-state index >= 15 is 0 Å². The van der Waals surface area contributed by atoms with Crippen molar-refractivity contribution in [2.45, 2.75) is 5.22 Å². The number of carbonyl (C=O) groups is 1. The molecule has 0 aliphatic carbocycles. The van der Waals surface area contributed by atoms with Crippen LogP contribution >= 0.6 is 11.8 Å². The minimum absolute atomic E-state index is 0.303. The molecule has 0 saturated carbocycles. The van der Waals surface area contributed by atoms with Crippen LogP contribution in [0.1, 0.15) is 10.4 Å². The van der Waals surface area contributed by atoms with Crippen molar-refractivity contribution in [3.05, 3.63) is 53.8 Å². The number of fused-ring (bicyclic) bond motifs is 1. The lowest BCUT2D eigenvalue weighted by Gasteiger charge is -2.04. The molecule has 1 aromatic heterocycles. The molecule has 0 aliphatic rings. The Morgan fingerprint density at radius 2 is 2.00 bits per heavy atom. The summed E-state index contributed by atoms with van der Waals surface area (Å²) in [4.78, 5) is 16.3. The van der Waals surface area contributed by atoms with Gasteiger partial charge in [0.1, 0.15) is 11.3 Å². The first-order valence-electron chi connectivity index (χ1n) is 6.17. The summed E-state index contributed by atoms with van der Waals surface area (Å²) < 4.78 is 18.3. The molecule has 0 radical (unpaired) electrons. The van der Waals surface area contributed by atoms with Gasteiger partial charge in [0.2, 0.25) is 0 Å². The molecular weight excluding hydrogens is 291 g/mol. The number of nitrogens with zero attached hydrogens (tertiary/aromatic N) is 1. The van der Waals surface area contributed by atoms with Crippen LogP contribution in [0.4, 0.5) is 10.1 Å². The summed E-state index contributed by atoms with van der Waals surface area (Å²) in [5.41, 5.74) is 2.34. The van der Waals surface area contributed by atoms with Crippen molar-refractivity contribution in [1.29, 1.82) is 0 Å². The Balaban J connectivity index is 1.83. The molecular formula is C15H11FN2O2S. The number of nitrogens with one attached hydrogen (secondary N) is 1. The number of benzene rings is 2. The zero-order valence-corrected chi connectivity index (χ0v) is 11.9. The van der Waals surface area contributed by atoms with E-state index < -0.39 is 0 Å². The molecule has 0 aliphatic heterocycles. The number of amides is 1. The molecule has 0 atom stereocenters. The van der Waals surface area contributed by atoms with Crippen LogP contribution in [0.3, 0.4) is 0 Å². The van der Waals surface area contributed by atoms with E-state index in [0.29, 0.717) is 27.6 Å². The third-order valence-electron chi connectivity index (χ3n) is 2.91. The van der Waals surface area contributed by atoms with E-state index in [0.717, 1.165) is 0 Å². The van der Waals surface area contributed by atoms with E-state index in [2.05, 4.69) is 10.3 Å². The zero-order chi connectivity index (χ0) is 14.8. The van der Waals surface area contributed by atoms with Crippen LogP contribution in [0.5, 0.6) is 0 Å². The summed E-state index contributed by atoms with van der Waals surface area (Å²) in [6, 6.07) is 10.6. The highest BCUT2D eigenvalue weighted by Gasteiger charge is 2.09. The van der Waals surface area contributed by atoms with Crippen LogP contribution in [-0.2, 0) is 0 Å². The maximum absolute atomic E-state index is 12.8. The van der Waals surface area contributed by atoms with Gasteiger partial charge in [0.05, 0.1) is 0 Å². The number of rotatable bonds is 3. The molecule has 1 N–H and O–H groups in total. The fourth-order valence-electron chi connectivity index (χ4n) is 1.88. The maximum Gasteiger partial charge on any atom is 0.256 e. The first-order valence-corrected chi connectivity index (χ1v) is 7.40. The summed E-state index contributed by atoms with van der Waals surface area (Å²) in [5.74, 6) is -0.678. The predicted octanol–water partition coefficient (Wildman–Crippen LogP) is 3.94. The highest BCUT2D eigenvalue weighted by molar-refractivity contribution is 7.98. The third-order valence-corrected chi connectivity index (χ3v) is 3.43. The van der Waals surface area contributed by atoms with Crippen LogP contribution in [0.15, 0.2) is 52.1 Å². The molecule has 0 fully saturated rings. The van der Waals surface area contributed by atoms with Crippen molar-refractivity contribution in [3.63, 3.8) is 0 Å². The molecule has 3 aromatic rings. The standard InChI is InChI=1S/C15H11FN2O2S/c1-21-15-18-12-8-11(6-7-13(12)20-15)17-14(19)9-2-4-10(16)5-3-9/h2-8H,1H3,(H,17,19). The Hall–Kier alpha value is -2.34. The molecule has 1 amide bonds. The van der Waals surface area contributed by atoms with E-state index in [1.807, 2.05) is 6.26 Å². The number of halogens is 1. The number of carbonyl (C=O) groups excluding carboxylic acids is 1. The van der Waals surface area contributed by atoms with Gasteiger partial charge in [-0.05, 0) is 48.7 Å². The lowest BCUT2D eigenvalue weighted by molar-refractivity contribution is 0.102. The van der Waals surface area contributed by atoms with Crippen molar-refractivity contribution in [2.75, 3.05) is 11.6 Å². The normalized spacial score (nSPS) is 10.8. The average molecular weight is 302 g/mol. The SMILES string of the molecule is CSc1nc2cc(NC(=O)c3ccc(F)cc3)ccc2o1. The number of oxazole rings is 1. The molecule has 0 bridgehead atoms. The van der Waals surface area contributed by atoms with E-state index in [1.165, 1.54) is 36.0 Å². The number of hydrogen-bond acceptors (Lipinski definition) is 4. The number of thioether (sulfide) groups is 1. The van der Waals surface area contributed by atoms with Crippen molar-refractivity contribution < 1.29 is 13.6 Å². The fraction of sp³-hybridized carbons (Fsp3) is 0.0667. The Kier molecular flexibility index (Phi) is 3.62. The largest absolute Gasteiger partial charge is 0.431 e. The quantitative estimate of drug-likeness (QED) is 0.745. The molecule has 106 valence electrons. The fourth-order valence-corrected chi connectivity index (χ4v) is 2.24. The predicted molar refractivity (Wildman–Crippen MR) is 80.1 cm³/mol. The Morgan fingerprint density at radius 1 is 1.24 bits per heavy atom. The van der Waals surface area contributed by atoms with E-state index in [1.54, 1.807) is 18.2 Å². The molecule has 0 saturated heterocycles. The topological polar surface area (TPSA) is 55.1 Å². The summed E-state index contributed by atoms with van der Waals surface area (Å²) in [5, 5.41) is 3.32. The van der Waals surface area contributed by atoms with Crippen LogP contribution in [0.2, 0.25) is 0 Å². The molecule has 3 rings (SSSR count). The van der Waals surface area contributed by atoms with Crippen molar-refractivity contribution in [1.82, 2.24) is 4.98 Å². The maximum atomic E-state index is 12.8. The number of aromatic nitrogens is 1. The molecule has 1 heterocycles. The van der Waals surface area contributed by atoms with Gasteiger partial charge in [-0.1, -0.05) is 11.8 Å². The van der Waals surface area contributed by atoms with Gasteiger partial charge in [-0.15, -0.1) is 0 Å². The molecule has 21 heavy (non-hydrogen) atoms. The first-order chi connectivity index (χ1) is 10.2. The first kappa shape index (κ1) is 13.6. The van der Waals surface area contributed by atoms with Gasteiger partial charge in [0.25, 0.3) is 11.1 Å². The second-order valence-electron chi connectivity index (χ2n) is 4.33. The third kappa shape index (κ3) is 2.90. The Morgan fingerprint density at radius 3 is 2.71 bits per heavy atom.